The van der Waals surface area contributed by atoms with Gasteiger partial charge in [0, 0.05) is 12.6 Å². The van der Waals surface area contributed by atoms with Crippen LogP contribution in [0.4, 0.5) is 0 Å². The molecule has 0 amide bonds. The van der Waals surface area contributed by atoms with Crippen molar-refractivity contribution in [1.29, 1.82) is 0 Å². The van der Waals surface area contributed by atoms with Crippen molar-refractivity contribution in [3.05, 3.63) is 0 Å². The molecule has 1 nitrogen and oxygen atoms in total. The van der Waals surface area contributed by atoms with E-state index >= 15 is 0 Å². The second-order valence-corrected chi connectivity index (χ2v) is 8.06. The van der Waals surface area contributed by atoms with E-state index in [1.165, 1.54) is 70.8 Å². The summed E-state index contributed by atoms with van der Waals surface area (Å²) in [6.07, 6.45) is 14.3. The summed E-state index contributed by atoms with van der Waals surface area (Å²) in [6.45, 7) is 10.9. The van der Waals surface area contributed by atoms with E-state index in [2.05, 4.69) is 39.6 Å². The summed E-state index contributed by atoms with van der Waals surface area (Å²) < 4.78 is 0. The molecule has 1 unspecified atom stereocenters. The molecule has 21 heavy (non-hydrogen) atoms. The molecular weight excluding hydrogens is 254 g/mol. The number of rotatable bonds is 10. The maximum absolute atomic E-state index is 2.67. The third-order valence-corrected chi connectivity index (χ3v) is 5.71. The lowest BCUT2D eigenvalue weighted by molar-refractivity contribution is 0.132. The maximum Gasteiger partial charge on any atom is 0.00925 e. The zero-order valence-corrected chi connectivity index (χ0v) is 15.5. The van der Waals surface area contributed by atoms with E-state index in [1.54, 1.807) is 0 Å². The highest BCUT2D eigenvalue weighted by molar-refractivity contribution is 4.80. The van der Waals surface area contributed by atoms with E-state index in [0.717, 1.165) is 23.8 Å². The van der Waals surface area contributed by atoms with Gasteiger partial charge in [-0.15, -0.1) is 0 Å². The molecule has 0 bridgehead atoms. The second-order valence-electron chi connectivity index (χ2n) is 8.06. The van der Waals surface area contributed by atoms with Crippen LogP contribution in [0.1, 0.15) is 91.9 Å². The van der Waals surface area contributed by atoms with Gasteiger partial charge in [-0.1, -0.05) is 59.8 Å². The van der Waals surface area contributed by atoms with Gasteiger partial charge in [0.15, 0.2) is 0 Å². The summed E-state index contributed by atoms with van der Waals surface area (Å²) in [5.74, 6) is 2.75. The predicted octanol–water partition coefficient (Wildman–Crippen LogP) is 6.13. The number of nitrogens with zero attached hydrogens (tertiary/aromatic N) is 1. The monoisotopic (exact) mass is 295 g/mol. The smallest absolute Gasteiger partial charge is 0.00925 e. The van der Waals surface area contributed by atoms with Gasteiger partial charge < -0.3 is 4.90 Å². The first-order valence-corrected chi connectivity index (χ1v) is 9.74. The molecule has 0 spiro atoms. The van der Waals surface area contributed by atoms with Gasteiger partial charge >= 0.3 is 0 Å². The van der Waals surface area contributed by atoms with Crippen molar-refractivity contribution in [1.82, 2.24) is 4.90 Å². The van der Waals surface area contributed by atoms with Crippen molar-refractivity contribution in [3.63, 3.8) is 0 Å². The molecule has 0 N–H and O–H groups in total. The Hall–Kier alpha value is -0.0400. The highest BCUT2D eigenvalue weighted by Crippen LogP contribution is 2.32. The molecule has 0 radical (unpaired) electrons. The Morgan fingerprint density at radius 2 is 1.52 bits per heavy atom. The maximum atomic E-state index is 2.67. The standard InChI is InChI=1S/C20H41N/c1-6-7-8-9-10-11-18(4)16-21(5)20-14-12-19(13-15-20)17(2)3/h17-20H,6-16H2,1-5H3. The zero-order valence-electron chi connectivity index (χ0n) is 15.5. The first kappa shape index (κ1) is 19.0. The molecule has 0 aliphatic heterocycles. The van der Waals surface area contributed by atoms with Crippen LogP contribution in [-0.2, 0) is 0 Å². The Bertz CT molecular complexity index is 240. The lowest BCUT2D eigenvalue weighted by Gasteiger charge is -2.37. The summed E-state index contributed by atoms with van der Waals surface area (Å²) in [7, 11) is 2.37. The van der Waals surface area contributed by atoms with Crippen molar-refractivity contribution >= 4 is 0 Å². The molecule has 0 saturated heterocycles. The summed E-state index contributed by atoms with van der Waals surface area (Å²) in [4.78, 5) is 2.67. The van der Waals surface area contributed by atoms with Crippen LogP contribution < -0.4 is 0 Å². The minimum Gasteiger partial charge on any atom is -0.303 e. The molecule has 1 heteroatoms. The molecule has 0 aromatic heterocycles. The molecule has 1 fully saturated rings. The van der Waals surface area contributed by atoms with E-state index in [9.17, 15) is 0 Å². The molecule has 1 aliphatic carbocycles. The minimum absolute atomic E-state index is 0.863. The average molecular weight is 296 g/mol. The first-order valence-electron chi connectivity index (χ1n) is 9.74. The lowest BCUT2D eigenvalue weighted by Crippen LogP contribution is -2.38. The number of unbranched alkanes of at least 4 members (excludes halogenated alkanes) is 4. The van der Waals surface area contributed by atoms with Crippen molar-refractivity contribution in [2.45, 2.75) is 97.9 Å². The van der Waals surface area contributed by atoms with Crippen molar-refractivity contribution < 1.29 is 0 Å². The van der Waals surface area contributed by atoms with Gasteiger partial charge in [0.05, 0.1) is 0 Å². The Labute approximate surface area is 134 Å². The van der Waals surface area contributed by atoms with Crippen LogP contribution in [0, 0.1) is 17.8 Å². The predicted molar refractivity (Wildman–Crippen MR) is 95.8 cm³/mol. The Morgan fingerprint density at radius 1 is 0.905 bits per heavy atom. The van der Waals surface area contributed by atoms with Gasteiger partial charge in [-0.2, -0.15) is 0 Å². The topological polar surface area (TPSA) is 3.24 Å². The van der Waals surface area contributed by atoms with Gasteiger partial charge in [0.25, 0.3) is 0 Å². The highest BCUT2D eigenvalue weighted by Gasteiger charge is 2.25. The summed E-state index contributed by atoms with van der Waals surface area (Å²) in [5, 5.41) is 0. The molecule has 1 aliphatic rings. The zero-order chi connectivity index (χ0) is 15.7. The van der Waals surface area contributed by atoms with Crippen LogP contribution >= 0.6 is 0 Å². The molecule has 1 saturated carbocycles. The van der Waals surface area contributed by atoms with Gasteiger partial charge in [-0.05, 0) is 56.9 Å². The van der Waals surface area contributed by atoms with E-state index in [4.69, 9.17) is 0 Å². The molecule has 1 rings (SSSR count). The quantitative estimate of drug-likeness (QED) is 0.438. The largest absolute Gasteiger partial charge is 0.303 e. The van der Waals surface area contributed by atoms with Gasteiger partial charge in [-0.3, -0.25) is 0 Å². The second kappa shape index (κ2) is 10.6. The molecule has 0 heterocycles. The summed E-state index contributed by atoms with van der Waals surface area (Å²) >= 11 is 0. The highest BCUT2D eigenvalue weighted by atomic mass is 15.1. The van der Waals surface area contributed by atoms with E-state index in [0.29, 0.717) is 0 Å². The van der Waals surface area contributed by atoms with Crippen molar-refractivity contribution in [2.75, 3.05) is 13.6 Å². The fraction of sp³-hybridized carbons (Fsp3) is 1.00. The van der Waals surface area contributed by atoms with Crippen LogP contribution in [0.2, 0.25) is 0 Å². The molecular formula is C20H41N. The number of hydrogen-bond donors (Lipinski definition) is 0. The van der Waals surface area contributed by atoms with Gasteiger partial charge in [-0.25, -0.2) is 0 Å². The average Bonchev–Trinajstić information content (AvgIpc) is 2.47. The van der Waals surface area contributed by atoms with Gasteiger partial charge in [0.2, 0.25) is 0 Å². The molecule has 1 atom stereocenters. The number of hydrogen-bond acceptors (Lipinski definition) is 1. The summed E-state index contributed by atoms with van der Waals surface area (Å²) in [5.41, 5.74) is 0. The fourth-order valence-corrected chi connectivity index (χ4v) is 4.04. The normalized spacial score (nSPS) is 24.7. The van der Waals surface area contributed by atoms with E-state index in [1.807, 2.05) is 0 Å². The van der Waals surface area contributed by atoms with Crippen LogP contribution in [0.15, 0.2) is 0 Å². The first-order chi connectivity index (χ1) is 10.0. The van der Waals surface area contributed by atoms with Crippen molar-refractivity contribution in [3.8, 4) is 0 Å². The Morgan fingerprint density at radius 3 is 2.10 bits per heavy atom. The van der Waals surface area contributed by atoms with Crippen LogP contribution in [-0.4, -0.2) is 24.5 Å². The van der Waals surface area contributed by atoms with Crippen LogP contribution in [0.3, 0.4) is 0 Å². The SMILES string of the molecule is CCCCCCCC(C)CN(C)C1CCC(C(C)C)CC1. The molecule has 0 aromatic rings. The minimum atomic E-state index is 0.863. The van der Waals surface area contributed by atoms with Crippen LogP contribution in [0.5, 0.6) is 0 Å². The third-order valence-electron chi connectivity index (χ3n) is 5.71. The third kappa shape index (κ3) is 7.68. The van der Waals surface area contributed by atoms with Gasteiger partial charge in [0.1, 0.15) is 0 Å². The van der Waals surface area contributed by atoms with E-state index < -0.39 is 0 Å². The summed E-state index contributed by atoms with van der Waals surface area (Å²) in [6, 6.07) is 0.863. The van der Waals surface area contributed by atoms with Crippen molar-refractivity contribution in [2.24, 2.45) is 17.8 Å². The van der Waals surface area contributed by atoms with E-state index in [-0.39, 0.29) is 0 Å². The van der Waals surface area contributed by atoms with Crippen LogP contribution in [0.25, 0.3) is 0 Å². The lowest BCUT2D eigenvalue weighted by atomic mass is 9.79. The Balaban J connectivity index is 2.13. The molecule has 126 valence electrons. The fourth-order valence-electron chi connectivity index (χ4n) is 4.04. The molecule has 0 aromatic carbocycles. The Kier molecular flexibility index (Phi) is 9.64.